The summed E-state index contributed by atoms with van der Waals surface area (Å²) >= 11 is 1.47. The molecule has 2 aromatic rings. The van der Waals surface area contributed by atoms with E-state index in [2.05, 4.69) is 10.3 Å². The van der Waals surface area contributed by atoms with Crippen molar-refractivity contribution in [2.24, 2.45) is 0 Å². The first kappa shape index (κ1) is 10.2. The van der Waals surface area contributed by atoms with Gasteiger partial charge in [0.2, 0.25) is 0 Å². The highest BCUT2D eigenvalue weighted by atomic mass is 32.1. The lowest BCUT2D eigenvalue weighted by molar-refractivity contribution is -0.115. The van der Waals surface area contributed by atoms with Crippen LogP contribution in [0, 0.1) is 0 Å². The Morgan fingerprint density at radius 3 is 2.87 bits per heavy atom. The SMILES string of the molecule is FC(F)(F)CNc1nccc2sccc12. The third-order valence-electron chi connectivity index (χ3n) is 1.84. The van der Waals surface area contributed by atoms with Crippen LogP contribution in [0.1, 0.15) is 0 Å². The number of alkyl halides is 3. The van der Waals surface area contributed by atoms with Gasteiger partial charge in [-0.15, -0.1) is 11.3 Å². The summed E-state index contributed by atoms with van der Waals surface area (Å²) in [5.41, 5.74) is 0. The highest BCUT2D eigenvalue weighted by Gasteiger charge is 2.27. The molecule has 0 aliphatic carbocycles. The second kappa shape index (κ2) is 3.69. The quantitative estimate of drug-likeness (QED) is 0.859. The monoisotopic (exact) mass is 232 g/mol. The van der Waals surface area contributed by atoms with Crippen molar-refractivity contribution in [3.8, 4) is 0 Å². The van der Waals surface area contributed by atoms with E-state index in [9.17, 15) is 13.2 Å². The average Bonchev–Trinajstić information content (AvgIpc) is 2.61. The Bertz CT molecular complexity index is 464. The van der Waals surface area contributed by atoms with Crippen molar-refractivity contribution < 1.29 is 13.2 Å². The van der Waals surface area contributed by atoms with Crippen LogP contribution >= 0.6 is 11.3 Å². The molecule has 0 spiro atoms. The van der Waals surface area contributed by atoms with Crippen LogP contribution in [0.4, 0.5) is 19.0 Å². The summed E-state index contributed by atoms with van der Waals surface area (Å²) < 4.78 is 36.9. The lowest BCUT2D eigenvalue weighted by Crippen LogP contribution is -2.21. The van der Waals surface area contributed by atoms with Crippen molar-refractivity contribution in [2.45, 2.75) is 6.18 Å². The van der Waals surface area contributed by atoms with Crippen molar-refractivity contribution in [3.63, 3.8) is 0 Å². The molecular formula is C9H7F3N2S. The zero-order valence-electron chi connectivity index (χ0n) is 7.51. The molecule has 0 bridgehead atoms. The fourth-order valence-electron chi connectivity index (χ4n) is 1.22. The highest BCUT2D eigenvalue weighted by Crippen LogP contribution is 2.26. The van der Waals surface area contributed by atoms with Crippen molar-refractivity contribution >= 4 is 27.2 Å². The molecule has 0 atom stereocenters. The van der Waals surface area contributed by atoms with Crippen LogP contribution in [0.5, 0.6) is 0 Å². The molecule has 0 amide bonds. The second-order valence-corrected chi connectivity index (χ2v) is 3.91. The minimum Gasteiger partial charge on any atom is -0.361 e. The molecule has 0 fully saturated rings. The average molecular weight is 232 g/mol. The number of hydrogen-bond acceptors (Lipinski definition) is 3. The first-order valence-corrected chi connectivity index (χ1v) is 5.07. The Hall–Kier alpha value is -1.30. The third kappa shape index (κ3) is 2.38. The molecule has 15 heavy (non-hydrogen) atoms. The number of nitrogens with zero attached hydrogens (tertiary/aromatic N) is 1. The van der Waals surface area contributed by atoms with E-state index in [1.165, 1.54) is 17.5 Å². The Morgan fingerprint density at radius 2 is 2.13 bits per heavy atom. The van der Waals surface area contributed by atoms with Gasteiger partial charge in [0.05, 0.1) is 0 Å². The summed E-state index contributed by atoms with van der Waals surface area (Å²) in [4.78, 5) is 3.88. The molecule has 0 saturated carbocycles. The molecule has 1 N–H and O–H groups in total. The van der Waals surface area contributed by atoms with Crippen molar-refractivity contribution in [1.29, 1.82) is 0 Å². The minimum absolute atomic E-state index is 0.283. The molecule has 0 radical (unpaired) electrons. The van der Waals surface area contributed by atoms with Crippen LogP contribution < -0.4 is 5.32 Å². The molecule has 0 aromatic carbocycles. The van der Waals surface area contributed by atoms with E-state index in [4.69, 9.17) is 0 Å². The number of aromatic nitrogens is 1. The van der Waals surface area contributed by atoms with E-state index in [1.807, 2.05) is 5.38 Å². The normalized spacial score (nSPS) is 11.9. The van der Waals surface area contributed by atoms with Crippen LogP contribution in [0.25, 0.3) is 10.1 Å². The molecule has 6 heteroatoms. The number of rotatable bonds is 2. The van der Waals surface area contributed by atoms with E-state index in [0.717, 1.165) is 10.1 Å². The molecule has 80 valence electrons. The Morgan fingerprint density at radius 1 is 1.33 bits per heavy atom. The number of halogens is 3. The van der Waals surface area contributed by atoms with Gasteiger partial charge >= 0.3 is 6.18 Å². The fourth-order valence-corrected chi connectivity index (χ4v) is 2.00. The highest BCUT2D eigenvalue weighted by molar-refractivity contribution is 7.17. The summed E-state index contributed by atoms with van der Waals surface area (Å²) in [5.74, 6) is 0.283. The number of thiophene rings is 1. The van der Waals surface area contributed by atoms with Crippen molar-refractivity contribution in [1.82, 2.24) is 4.98 Å². The summed E-state index contributed by atoms with van der Waals surface area (Å²) in [5, 5.41) is 4.84. The standard InChI is InChI=1S/C9H7F3N2S/c10-9(11,12)5-14-8-6-2-4-15-7(6)1-3-13-8/h1-4H,5H2,(H,13,14). The number of nitrogens with one attached hydrogen (secondary N) is 1. The van der Waals surface area contributed by atoms with E-state index in [-0.39, 0.29) is 5.82 Å². The predicted molar refractivity (Wildman–Crippen MR) is 54.2 cm³/mol. The molecule has 2 heterocycles. The zero-order valence-corrected chi connectivity index (χ0v) is 8.32. The van der Waals surface area contributed by atoms with Gasteiger partial charge in [-0.25, -0.2) is 4.98 Å². The summed E-state index contributed by atoms with van der Waals surface area (Å²) in [6.07, 6.45) is -2.72. The van der Waals surface area contributed by atoms with E-state index in [1.54, 1.807) is 12.1 Å². The van der Waals surface area contributed by atoms with Gasteiger partial charge < -0.3 is 5.32 Å². The number of hydrogen-bond donors (Lipinski definition) is 1. The second-order valence-electron chi connectivity index (χ2n) is 2.96. The first-order valence-electron chi connectivity index (χ1n) is 4.19. The minimum atomic E-state index is -4.22. The van der Waals surface area contributed by atoms with E-state index in [0.29, 0.717) is 0 Å². The molecule has 0 aliphatic heterocycles. The molecule has 2 rings (SSSR count). The number of anilines is 1. The molecular weight excluding hydrogens is 225 g/mol. The maximum Gasteiger partial charge on any atom is 0.405 e. The fraction of sp³-hybridized carbons (Fsp3) is 0.222. The van der Waals surface area contributed by atoms with Gasteiger partial charge in [-0.1, -0.05) is 0 Å². The summed E-state index contributed by atoms with van der Waals surface area (Å²) in [6, 6.07) is 3.53. The van der Waals surface area contributed by atoms with Crippen molar-refractivity contribution in [2.75, 3.05) is 11.9 Å². The zero-order chi connectivity index (χ0) is 10.9. The van der Waals surface area contributed by atoms with E-state index >= 15 is 0 Å². The van der Waals surface area contributed by atoms with Crippen molar-refractivity contribution in [3.05, 3.63) is 23.7 Å². The van der Waals surface area contributed by atoms with Crippen LogP contribution in [-0.2, 0) is 0 Å². The van der Waals surface area contributed by atoms with Crippen LogP contribution in [0.15, 0.2) is 23.7 Å². The molecule has 2 nitrogen and oxygen atoms in total. The largest absolute Gasteiger partial charge is 0.405 e. The Balaban J connectivity index is 2.24. The van der Waals surface area contributed by atoms with Gasteiger partial charge in [0.25, 0.3) is 0 Å². The third-order valence-corrected chi connectivity index (χ3v) is 2.72. The Labute approximate surface area is 87.7 Å². The molecule has 0 saturated heterocycles. The van der Waals surface area contributed by atoms with Crippen LogP contribution in [-0.4, -0.2) is 17.7 Å². The maximum atomic E-state index is 12.0. The molecule has 0 aliphatic rings. The smallest absolute Gasteiger partial charge is 0.361 e. The van der Waals surface area contributed by atoms with E-state index < -0.39 is 12.7 Å². The number of fused-ring (bicyclic) bond motifs is 1. The maximum absolute atomic E-state index is 12.0. The van der Waals surface area contributed by atoms with Gasteiger partial charge in [0.1, 0.15) is 12.4 Å². The van der Waals surface area contributed by atoms with Gasteiger partial charge in [-0.2, -0.15) is 13.2 Å². The topological polar surface area (TPSA) is 24.9 Å². The molecule has 2 aromatic heterocycles. The summed E-state index contributed by atoms with van der Waals surface area (Å²) in [7, 11) is 0. The van der Waals surface area contributed by atoms with Gasteiger partial charge in [0, 0.05) is 16.3 Å². The lowest BCUT2D eigenvalue weighted by Gasteiger charge is -2.09. The molecule has 0 unspecified atom stereocenters. The summed E-state index contributed by atoms with van der Waals surface area (Å²) in [6.45, 7) is -1.06. The van der Waals surface area contributed by atoms with Crippen LogP contribution in [0.2, 0.25) is 0 Å². The lowest BCUT2D eigenvalue weighted by atomic mass is 10.3. The number of pyridine rings is 1. The predicted octanol–water partition coefficient (Wildman–Crippen LogP) is 3.27. The van der Waals surface area contributed by atoms with Gasteiger partial charge in [-0.3, -0.25) is 0 Å². The van der Waals surface area contributed by atoms with Gasteiger partial charge in [0.15, 0.2) is 0 Å². The van der Waals surface area contributed by atoms with Gasteiger partial charge in [-0.05, 0) is 17.5 Å². The Kier molecular flexibility index (Phi) is 2.52. The first-order chi connectivity index (χ1) is 7.06. The van der Waals surface area contributed by atoms with Crippen LogP contribution in [0.3, 0.4) is 0 Å².